The summed E-state index contributed by atoms with van der Waals surface area (Å²) in [4.78, 5) is 6.86. The lowest BCUT2D eigenvalue weighted by molar-refractivity contribution is 0.414. The molecule has 1 saturated heterocycles. The summed E-state index contributed by atoms with van der Waals surface area (Å²) in [6.07, 6.45) is 3.91. The van der Waals surface area contributed by atoms with Crippen LogP contribution in [0.25, 0.3) is 5.69 Å². The number of pyridine rings is 1. The predicted octanol–water partition coefficient (Wildman–Crippen LogP) is 6.13. The summed E-state index contributed by atoms with van der Waals surface area (Å²) in [7, 11) is 1.68. The second-order valence-corrected chi connectivity index (χ2v) is 9.17. The number of benzene rings is 2. The number of halogens is 1. The summed E-state index contributed by atoms with van der Waals surface area (Å²) in [6.45, 7) is 2.09. The molecule has 166 valence electrons. The van der Waals surface area contributed by atoms with Crippen LogP contribution in [0.4, 0.5) is 5.69 Å². The van der Waals surface area contributed by atoms with Crippen molar-refractivity contribution >= 4 is 38.9 Å². The zero-order valence-electron chi connectivity index (χ0n) is 18.3. The largest absolute Gasteiger partial charge is 0.497 e. The minimum atomic E-state index is -0.102. The summed E-state index contributed by atoms with van der Waals surface area (Å²) in [5, 5.41) is 4.22. The monoisotopic (exact) mass is 518 g/mol. The Morgan fingerprint density at radius 1 is 1.00 bits per heavy atom. The lowest BCUT2D eigenvalue weighted by atomic mass is 10.0. The van der Waals surface area contributed by atoms with Gasteiger partial charge in [-0.25, -0.2) is 0 Å². The Bertz CT molecular complexity index is 1290. The third kappa shape index (κ3) is 4.03. The molecule has 2 atom stereocenters. The van der Waals surface area contributed by atoms with E-state index in [-0.39, 0.29) is 12.1 Å². The van der Waals surface area contributed by atoms with Crippen molar-refractivity contribution < 1.29 is 4.74 Å². The SMILES string of the molecule is COc1ccc(-n2cccc2C2C(c3ccccn3)NC(=S)N2c2ccc(Br)c(C)c2)cc1. The molecule has 2 aromatic carbocycles. The number of nitrogens with one attached hydrogen (secondary N) is 1. The Hall–Kier alpha value is -3.16. The van der Waals surface area contributed by atoms with Gasteiger partial charge in [-0.2, -0.15) is 0 Å². The van der Waals surface area contributed by atoms with Crippen LogP contribution in [0.15, 0.2) is 89.7 Å². The van der Waals surface area contributed by atoms with E-state index in [1.165, 1.54) is 0 Å². The topological polar surface area (TPSA) is 42.3 Å². The second-order valence-electron chi connectivity index (χ2n) is 7.93. The number of methoxy groups -OCH3 is 1. The smallest absolute Gasteiger partial charge is 0.174 e. The highest BCUT2D eigenvalue weighted by Crippen LogP contribution is 2.42. The summed E-state index contributed by atoms with van der Waals surface area (Å²) >= 11 is 9.49. The van der Waals surface area contributed by atoms with Gasteiger partial charge in [0.1, 0.15) is 11.8 Å². The van der Waals surface area contributed by atoms with Gasteiger partial charge in [-0.15, -0.1) is 0 Å². The van der Waals surface area contributed by atoms with Gasteiger partial charge in [-0.3, -0.25) is 4.98 Å². The van der Waals surface area contributed by atoms with Crippen LogP contribution in [-0.2, 0) is 0 Å². The summed E-state index contributed by atoms with van der Waals surface area (Å²) in [6, 6.07) is 24.4. The fourth-order valence-electron chi connectivity index (χ4n) is 4.33. The highest BCUT2D eigenvalue weighted by Gasteiger charge is 2.42. The molecule has 0 saturated carbocycles. The van der Waals surface area contributed by atoms with Gasteiger partial charge < -0.3 is 19.5 Å². The number of nitrogens with zero attached hydrogens (tertiary/aromatic N) is 3. The maximum Gasteiger partial charge on any atom is 0.174 e. The van der Waals surface area contributed by atoms with Crippen LogP contribution in [0.2, 0.25) is 0 Å². The average molecular weight is 519 g/mol. The molecule has 1 aliphatic rings. The van der Waals surface area contributed by atoms with E-state index in [1.54, 1.807) is 7.11 Å². The Balaban J connectivity index is 1.65. The van der Waals surface area contributed by atoms with Gasteiger partial charge in [0.2, 0.25) is 0 Å². The summed E-state index contributed by atoms with van der Waals surface area (Å²) < 4.78 is 8.62. The third-order valence-corrected chi connectivity index (χ3v) is 7.16. The van der Waals surface area contributed by atoms with Crippen LogP contribution in [0.1, 0.15) is 29.0 Å². The van der Waals surface area contributed by atoms with Gasteiger partial charge in [0, 0.05) is 33.9 Å². The van der Waals surface area contributed by atoms with Crippen LogP contribution in [0.3, 0.4) is 0 Å². The number of hydrogen-bond donors (Lipinski definition) is 1. The first kappa shape index (κ1) is 21.7. The molecule has 3 heterocycles. The van der Waals surface area contributed by atoms with E-state index < -0.39 is 0 Å². The number of aromatic nitrogens is 2. The maximum atomic E-state index is 5.87. The predicted molar refractivity (Wildman–Crippen MR) is 139 cm³/mol. The van der Waals surface area contributed by atoms with Gasteiger partial charge in [0.05, 0.1) is 18.8 Å². The molecule has 2 unspecified atom stereocenters. The van der Waals surface area contributed by atoms with Gasteiger partial charge in [-0.1, -0.05) is 22.0 Å². The van der Waals surface area contributed by atoms with Crippen molar-refractivity contribution in [2.45, 2.75) is 19.0 Å². The number of thiocarbonyl (C=S) groups is 1. The molecule has 0 amide bonds. The van der Waals surface area contributed by atoms with Gasteiger partial charge >= 0.3 is 0 Å². The van der Waals surface area contributed by atoms with E-state index in [0.717, 1.165) is 38.5 Å². The van der Waals surface area contributed by atoms with E-state index in [9.17, 15) is 0 Å². The standard InChI is InChI=1S/C26H23BrN4OS/c1-17-16-19(10-13-21(17)27)31-25(24(29-26(31)33)22-6-3-4-14-28-22)23-7-5-15-30(23)18-8-11-20(32-2)12-9-18/h3-16,24-25H,1-2H3,(H,29,33). The first-order chi connectivity index (χ1) is 16.1. The number of anilines is 1. The maximum absolute atomic E-state index is 5.87. The van der Waals surface area contributed by atoms with Gasteiger partial charge in [0.15, 0.2) is 5.11 Å². The number of rotatable bonds is 5. The number of aryl methyl sites for hydroxylation is 1. The lowest BCUT2D eigenvalue weighted by Crippen LogP contribution is -2.30. The molecule has 33 heavy (non-hydrogen) atoms. The lowest BCUT2D eigenvalue weighted by Gasteiger charge is -2.29. The highest BCUT2D eigenvalue weighted by molar-refractivity contribution is 9.10. The van der Waals surface area contributed by atoms with Crippen molar-refractivity contribution in [3.05, 3.63) is 107 Å². The molecule has 0 bridgehead atoms. The second kappa shape index (κ2) is 9.00. The van der Waals surface area contributed by atoms with E-state index in [0.29, 0.717) is 5.11 Å². The van der Waals surface area contributed by atoms with Crippen molar-refractivity contribution in [1.29, 1.82) is 0 Å². The van der Waals surface area contributed by atoms with E-state index >= 15 is 0 Å². The number of ether oxygens (including phenoxy) is 1. The molecule has 4 aromatic rings. The Labute approximate surface area is 207 Å². The Morgan fingerprint density at radius 2 is 1.79 bits per heavy atom. The van der Waals surface area contributed by atoms with E-state index in [2.05, 4.69) is 91.3 Å². The summed E-state index contributed by atoms with van der Waals surface area (Å²) in [5.41, 5.74) is 5.31. The fourth-order valence-corrected chi connectivity index (χ4v) is 4.92. The molecular weight excluding hydrogens is 496 g/mol. The minimum absolute atomic E-state index is 0.0925. The molecule has 0 aliphatic carbocycles. The Kier molecular flexibility index (Phi) is 5.91. The minimum Gasteiger partial charge on any atom is -0.497 e. The molecular formula is C26H23BrN4OS. The number of hydrogen-bond acceptors (Lipinski definition) is 3. The molecule has 2 aromatic heterocycles. The molecule has 1 N–H and O–H groups in total. The molecule has 5 nitrogen and oxygen atoms in total. The zero-order valence-corrected chi connectivity index (χ0v) is 20.7. The van der Waals surface area contributed by atoms with Crippen molar-refractivity contribution in [3.8, 4) is 11.4 Å². The fraction of sp³-hybridized carbons (Fsp3) is 0.154. The molecule has 1 fully saturated rings. The van der Waals surface area contributed by atoms with Crippen LogP contribution < -0.4 is 15.0 Å². The van der Waals surface area contributed by atoms with Crippen molar-refractivity contribution in [2.24, 2.45) is 0 Å². The van der Waals surface area contributed by atoms with E-state index in [4.69, 9.17) is 17.0 Å². The van der Waals surface area contributed by atoms with Crippen molar-refractivity contribution in [2.75, 3.05) is 12.0 Å². The summed E-state index contributed by atoms with van der Waals surface area (Å²) in [5.74, 6) is 0.828. The van der Waals surface area contributed by atoms with Crippen LogP contribution in [0, 0.1) is 6.92 Å². The molecule has 5 rings (SSSR count). The van der Waals surface area contributed by atoms with Crippen molar-refractivity contribution in [1.82, 2.24) is 14.9 Å². The normalized spacial score (nSPS) is 17.8. The van der Waals surface area contributed by atoms with Crippen LogP contribution >= 0.6 is 28.1 Å². The van der Waals surface area contributed by atoms with Crippen LogP contribution in [0.5, 0.6) is 5.75 Å². The zero-order chi connectivity index (χ0) is 22.9. The molecule has 0 radical (unpaired) electrons. The molecule has 7 heteroatoms. The molecule has 0 spiro atoms. The highest BCUT2D eigenvalue weighted by atomic mass is 79.9. The van der Waals surface area contributed by atoms with Crippen molar-refractivity contribution in [3.63, 3.8) is 0 Å². The van der Waals surface area contributed by atoms with Crippen LogP contribution in [-0.4, -0.2) is 21.8 Å². The Morgan fingerprint density at radius 3 is 2.48 bits per heavy atom. The van der Waals surface area contributed by atoms with E-state index in [1.807, 2.05) is 36.5 Å². The molecule has 1 aliphatic heterocycles. The third-order valence-electron chi connectivity index (χ3n) is 5.95. The van der Waals surface area contributed by atoms with Gasteiger partial charge in [-0.05, 0) is 91.4 Å². The quantitative estimate of drug-likeness (QED) is 0.322. The first-order valence-electron chi connectivity index (χ1n) is 10.7. The average Bonchev–Trinajstić information content (AvgIpc) is 3.46. The first-order valence-corrected chi connectivity index (χ1v) is 11.9. The van der Waals surface area contributed by atoms with Gasteiger partial charge in [0.25, 0.3) is 0 Å².